The molecule has 1 atom stereocenters. The Bertz CT molecular complexity index is 2610. The molecule has 212 valence electrons. The third-order valence-electron chi connectivity index (χ3n) is 10.7. The highest BCUT2D eigenvalue weighted by atomic mass is 16.5. The predicted molar refractivity (Wildman–Crippen MR) is 189 cm³/mol. The van der Waals surface area contributed by atoms with Gasteiger partial charge < -0.3 is 4.74 Å². The molecule has 46 heavy (non-hydrogen) atoms. The van der Waals surface area contributed by atoms with Gasteiger partial charge in [0.25, 0.3) is 0 Å². The summed E-state index contributed by atoms with van der Waals surface area (Å²) in [7, 11) is 0. The molecule has 0 saturated heterocycles. The van der Waals surface area contributed by atoms with Crippen molar-refractivity contribution in [1.82, 2.24) is 0 Å². The first-order chi connectivity index (χ1) is 22.8. The molecule has 8 aromatic carbocycles. The second kappa shape index (κ2) is 8.62. The molecule has 8 aromatic rings. The van der Waals surface area contributed by atoms with E-state index in [9.17, 15) is 0 Å². The fourth-order valence-electron chi connectivity index (χ4n) is 8.84. The minimum atomic E-state index is -0.406. The molecule has 0 saturated carbocycles. The molecule has 0 radical (unpaired) electrons. The Morgan fingerprint density at radius 1 is 0.370 bits per heavy atom. The predicted octanol–water partition coefficient (Wildman–Crippen LogP) is 11.8. The highest BCUT2D eigenvalue weighted by Gasteiger charge is 2.52. The van der Waals surface area contributed by atoms with Crippen molar-refractivity contribution in [3.05, 3.63) is 180 Å². The maximum absolute atomic E-state index is 6.45. The normalized spacial score (nSPS) is 16.1. The van der Waals surface area contributed by atoms with Gasteiger partial charge in [-0.25, -0.2) is 0 Å². The molecule has 1 nitrogen and oxygen atoms in total. The average molecular weight is 583 g/mol. The number of benzene rings is 8. The summed E-state index contributed by atoms with van der Waals surface area (Å²) in [5.74, 6) is 1.83. The van der Waals surface area contributed by atoms with Gasteiger partial charge in [0.1, 0.15) is 11.5 Å². The molecule has 1 heteroatoms. The lowest BCUT2D eigenvalue weighted by Crippen LogP contribution is -2.26. The molecular formula is C45H26O. The molecule has 0 amide bonds. The van der Waals surface area contributed by atoms with Crippen LogP contribution in [0.15, 0.2) is 158 Å². The Morgan fingerprint density at radius 3 is 1.87 bits per heavy atom. The van der Waals surface area contributed by atoms with E-state index in [1.807, 2.05) is 0 Å². The summed E-state index contributed by atoms with van der Waals surface area (Å²) in [4.78, 5) is 0. The summed E-state index contributed by atoms with van der Waals surface area (Å²) < 4.78 is 6.45. The summed E-state index contributed by atoms with van der Waals surface area (Å²) in [6, 6.07) is 58.3. The van der Waals surface area contributed by atoms with E-state index in [-0.39, 0.29) is 0 Å². The van der Waals surface area contributed by atoms with Crippen LogP contribution in [0.5, 0.6) is 11.5 Å². The van der Waals surface area contributed by atoms with Gasteiger partial charge in [-0.3, -0.25) is 0 Å². The Kier molecular flexibility index (Phi) is 4.57. The van der Waals surface area contributed by atoms with Gasteiger partial charge in [-0.05, 0) is 102 Å². The van der Waals surface area contributed by atoms with E-state index in [0.29, 0.717) is 0 Å². The number of rotatable bonds is 1. The molecule has 3 aliphatic rings. The third-order valence-corrected chi connectivity index (χ3v) is 10.7. The van der Waals surface area contributed by atoms with Gasteiger partial charge in [-0.2, -0.15) is 0 Å². The number of fused-ring (bicyclic) bond motifs is 14. The summed E-state index contributed by atoms with van der Waals surface area (Å²) in [6.45, 7) is 0. The van der Waals surface area contributed by atoms with Crippen molar-refractivity contribution in [2.45, 2.75) is 5.41 Å². The van der Waals surface area contributed by atoms with E-state index in [2.05, 4.69) is 158 Å². The fraction of sp³-hybridized carbons (Fsp3) is 0.0222. The molecule has 11 rings (SSSR count). The maximum atomic E-state index is 6.45. The number of hydrogen-bond donors (Lipinski definition) is 0. The van der Waals surface area contributed by atoms with E-state index in [0.717, 1.165) is 17.1 Å². The number of ether oxygens (including phenoxy) is 1. The van der Waals surface area contributed by atoms with E-state index in [1.165, 1.54) is 82.7 Å². The van der Waals surface area contributed by atoms with Crippen LogP contribution >= 0.6 is 0 Å². The highest BCUT2D eigenvalue weighted by Crippen LogP contribution is 2.64. The van der Waals surface area contributed by atoms with Crippen molar-refractivity contribution in [3.63, 3.8) is 0 Å². The van der Waals surface area contributed by atoms with E-state index in [1.54, 1.807) is 0 Å². The second-order valence-electron chi connectivity index (χ2n) is 12.8. The van der Waals surface area contributed by atoms with Gasteiger partial charge in [0.15, 0.2) is 0 Å². The van der Waals surface area contributed by atoms with Crippen LogP contribution in [-0.2, 0) is 5.41 Å². The SMILES string of the molecule is c1ccc2c(c1)-c1ccc(-c3ccc4c(c3)-c3cccc5cccc(c35)O4)cc1C21c2ccccc2-c2ccc3ccccc3c21. The lowest BCUT2D eigenvalue weighted by molar-refractivity contribution is 0.487. The summed E-state index contributed by atoms with van der Waals surface area (Å²) in [5.41, 5.74) is 15.2. The van der Waals surface area contributed by atoms with Crippen molar-refractivity contribution in [2.75, 3.05) is 0 Å². The van der Waals surface area contributed by atoms with Crippen molar-refractivity contribution in [1.29, 1.82) is 0 Å². The first-order valence-electron chi connectivity index (χ1n) is 16.0. The van der Waals surface area contributed by atoms with Gasteiger partial charge >= 0.3 is 0 Å². The van der Waals surface area contributed by atoms with Crippen molar-refractivity contribution >= 4 is 21.5 Å². The molecule has 1 unspecified atom stereocenters. The van der Waals surface area contributed by atoms with Crippen molar-refractivity contribution < 1.29 is 4.74 Å². The second-order valence-corrected chi connectivity index (χ2v) is 12.8. The standard InChI is InChI=1S/C45H26O/c1-2-12-31-27(9-1)19-23-36-33-14-4-6-17-39(33)45(44(31)36)38-16-5-3-13-32(38)34-22-20-30(26-40(34)45)29-21-24-41-37(25-29)35-15-7-10-28-11-8-18-42(46-41)43(28)35/h1-26H. The minimum Gasteiger partial charge on any atom is -0.456 e. The van der Waals surface area contributed by atoms with E-state index < -0.39 is 5.41 Å². The van der Waals surface area contributed by atoms with Crippen LogP contribution in [0.25, 0.3) is 66.1 Å². The Labute approximate surface area is 267 Å². The number of hydrogen-bond acceptors (Lipinski definition) is 1. The molecule has 1 aliphatic heterocycles. The smallest absolute Gasteiger partial charge is 0.135 e. The Balaban J connectivity index is 1.20. The average Bonchev–Trinajstić information content (AvgIpc) is 3.59. The molecule has 1 heterocycles. The summed E-state index contributed by atoms with van der Waals surface area (Å²) >= 11 is 0. The lowest BCUT2D eigenvalue weighted by Gasteiger charge is -2.31. The molecule has 0 bridgehead atoms. The fourth-order valence-corrected chi connectivity index (χ4v) is 8.84. The van der Waals surface area contributed by atoms with Crippen LogP contribution in [-0.4, -0.2) is 0 Å². The van der Waals surface area contributed by atoms with E-state index >= 15 is 0 Å². The lowest BCUT2D eigenvalue weighted by atomic mass is 9.69. The molecule has 0 fully saturated rings. The Morgan fingerprint density at radius 2 is 1.00 bits per heavy atom. The van der Waals surface area contributed by atoms with Crippen LogP contribution in [0, 0.1) is 0 Å². The van der Waals surface area contributed by atoms with E-state index in [4.69, 9.17) is 4.74 Å². The molecular weight excluding hydrogens is 556 g/mol. The monoisotopic (exact) mass is 582 g/mol. The zero-order chi connectivity index (χ0) is 30.0. The largest absolute Gasteiger partial charge is 0.456 e. The van der Waals surface area contributed by atoms with Crippen molar-refractivity contribution in [3.8, 4) is 56.0 Å². The highest BCUT2D eigenvalue weighted by molar-refractivity contribution is 6.06. The van der Waals surface area contributed by atoms with Gasteiger partial charge in [0.2, 0.25) is 0 Å². The van der Waals surface area contributed by atoms with Gasteiger partial charge in [0.05, 0.1) is 5.41 Å². The van der Waals surface area contributed by atoms with Gasteiger partial charge in [-0.15, -0.1) is 0 Å². The maximum Gasteiger partial charge on any atom is 0.135 e. The quantitative estimate of drug-likeness (QED) is 0.187. The topological polar surface area (TPSA) is 9.23 Å². The zero-order valence-electron chi connectivity index (χ0n) is 24.9. The molecule has 2 aliphatic carbocycles. The van der Waals surface area contributed by atoms with Gasteiger partial charge in [-0.1, -0.05) is 133 Å². The summed E-state index contributed by atoms with van der Waals surface area (Å²) in [6.07, 6.45) is 0. The minimum absolute atomic E-state index is 0.406. The summed E-state index contributed by atoms with van der Waals surface area (Å²) in [5, 5.41) is 4.99. The van der Waals surface area contributed by atoms with Crippen LogP contribution < -0.4 is 4.74 Å². The van der Waals surface area contributed by atoms with Crippen LogP contribution in [0.2, 0.25) is 0 Å². The molecule has 1 spiro atoms. The first kappa shape index (κ1) is 24.4. The Hall–Kier alpha value is -5.92. The van der Waals surface area contributed by atoms with Crippen LogP contribution in [0.1, 0.15) is 22.3 Å². The van der Waals surface area contributed by atoms with Gasteiger partial charge in [0, 0.05) is 10.9 Å². The van der Waals surface area contributed by atoms with Crippen molar-refractivity contribution in [2.24, 2.45) is 0 Å². The molecule has 0 aromatic heterocycles. The molecule has 0 N–H and O–H groups in total. The zero-order valence-corrected chi connectivity index (χ0v) is 24.9. The van der Waals surface area contributed by atoms with Crippen LogP contribution in [0.4, 0.5) is 0 Å². The third kappa shape index (κ3) is 2.91. The van der Waals surface area contributed by atoms with Crippen LogP contribution in [0.3, 0.4) is 0 Å². The first-order valence-corrected chi connectivity index (χ1v) is 16.0.